The Bertz CT molecular complexity index is 237. The Balaban J connectivity index is 2.08. The predicted molar refractivity (Wildman–Crippen MR) is 44.3 cm³/mol. The second-order valence-electron chi connectivity index (χ2n) is 3.30. The maximum atomic E-state index is 10.9. The Kier molecular flexibility index (Phi) is 1.84. The number of nitrogens with zero attached hydrogens (tertiary/aromatic N) is 1. The van der Waals surface area contributed by atoms with Gasteiger partial charge in [0.2, 0.25) is 5.91 Å². The highest BCUT2D eigenvalue weighted by Crippen LogP contribution is 2.14. The monoisotopic (exact) mass is 168 g/mol. The minimum absolute atomic E-state index is 0.00838. The molecule has 1 N–H and O–H groups in total. The van der Waals surface area contributed by atoms with Crippen LogP contribution < -0.4 is 5.32 Å². The van der Waals surface area contributed by atoms with Crippen LogP contribution in [0.4, 0.5) is 0 Å². The molecule has 0 spiro atoms. The molecule has 4 heteroatoms. The predicted octanol–water partition coefficient (Wildman–Crippen LogP) is -0.265. The summed E-state index contributed by atoms with van der Waals surface area (Å²) in [4.78, 5) is 15.2. The first-order chi connectivity index (χ1) is 5.75. The van der Waals surface area contributed by atoms with Gasteiger partial charge in [-0.25, -0.2) is 0 Å². The van der Waals surface area contributed by atoms with E-state index in [4.69, 9.17) is 4.74 Å². The minimum atomic E-state index is -0.00838. The van der Waals surface area contributed by atoms with Crippen LogP contribution >= 0.6 is 0 Å². The molecule has 2 rings (SSSR count). The maximum Gasteiger partial charge on any atom is 0.246 e. The normalized spacial score (nSPS) is 35.1. The third kappa shape index (κ3) is 1.34. The van der Waals surface area contributed by atoms with Gasteiger partial charge >= 0.3 is 0 Å². The molecular weight excluding hydrogens is 156 g/mol. The average Bonchev–Trinajstić information content (AvgIpc) is 2.03. The van der Waals surface area contributed by atoms with Crippen LogP contribution in [0, 0.1) is 0 Å². The molecule has 2 atom stereocenters. The highest BCUT2D eigenvalue weighted by Gasteiger charge is 2.31. The Hall–Kier alpha value is -0.900. The van der Waals surface area contributed by atoms with Gasteiger partial charge in [0.25, 0.3) is 0 Å². The number of nitrogens with one attached hydrogen (secondary N) is 1. The molecule has 2 aliphatic heterocycles. The minimum Gasteiger partial charge on any atom is -0.364 e. The topological polar surface area (TPSA) is 50.7 Å². The summed E-state index contributed by atoms with van der Waals surface area (Å²) >= 11 is 0. The fraction of sp³-hybridized carbons (Fsp3) is 0.750. The molecule has 2 aliphatic rings. The number of carbonyl (C=O) groups is 1. The van der Waals surface area contributed by atoms with E-state index in [1.807, 2.05) is 6.92 Å². The smallest absolute Gasteiger partial charge is 0.246 e. The van der Waals surface area contributed by atoms with Crippen molar-refractivity contribution in [3.8, 4) is 0 Å². The van der Waals surface area contributed by atoms with Crippen LogP contribution in [-0.4, -0.2) is 36.9 Å². The molecule has 0 aromatic rings. The Morgan fingerprint density at radius 2 is 2.50 bits per heavy atom. The molecule has 0 aromatic carbocycles. The first kappa shape index (κ1) is 7.73. The lowest BCUT2D eigenvalue weighted by Gasteiger charge is -2.34. The summed E-state index contributed by atoms with van der Waals surface area (Å²) in [6.07, 6.45) is 0.933. The fourth-order valence-electron chi connectivity index (χ4n) is 1.63. The van der Waals surface area contributed by atoms with Gasteiger partial charge in [-0.05, 0) is 6.92 Å². The van der Waals surface area contributed by atoms with Crippen molar-refractivity contribution >= 4 is 11.6 Å². The third-order valence-electron chi connectivity index (χ3n) is 2.28. The fourth-order valence-corrected chi connectivity index (χ4v) is 1.63. The molecule has 1 amide bonds. The molecule has 0 saturated carbocycles. The zero-order valence-electron chi connectivity index (χ0n) is 7.04. The van der Waals surface area contributed by atoms with Crippen molar-refractivity contribution in [3.05, 3.63) is 0 Å². The van der Waals surface area contributed by atoms with Crippen molar-refractivity contribution in [3.63, 3.8) is 0 Å². The zero-order valence-corrected chi connectivity index (χ0v) is 7.04. The highest BCUT2D eigenvalue weighted by molar-refractivity contribution is 5.85. The zero-order chi connectivity index (χ0) is 8.55. The van der Waals surface area contributed by atoms with Crippen LogP contribution in [-0.2, 0) is 9.53 Å². The molecule has 4 nitrogen and oxygen atoms in total. The summed E-state index contributed by atoms with van der Waals surface area (Å²) in [5.41, 5.74) is 1.10. The number of rotatable bonds is 0. The van der Waals surface area contributed by atoms with Crippen LogP contribution in [0.2, 0.25) is 0 Å². The third-order valence-corrected chi connectivity index (χ3v) is 2.28. The Morgan fingerprint density at radius 1 is 1.67 bits per heavy atom. The molecule has 12 heavy (non-hydrogen) atoms. The maximum absolute atomic E-state index is 10.9. The molecule has 2 heterocycles. The van der Waals surface area contributed by atoms with Crippen molar-refractivity contribution < 1.29 is 9.53 Å². The first-order valence-electron chi connectivity index (χ1n) is 4.16. The molecule has 0 bridgehead atoms. The largest absolute Gasteiger partial charge is 0.364 e. The van der Waals surface area contributed by atoms with E-state index < -0.39 is 0 Å². The van der Waals surface area contributed by atoms with Crippen LogP contribution in [0.5, 0.6) is 0 Å². The number of hydrogen-bond acceptors (Lipinski definition) is 3. The quantitative estimate of drug-likeness (QED) is 0.541. The van der Waals surface area contributed by atoms with Gasteiger partial charge < -0.3 is 10.1 Å². The van der Waals surface area contributed by atoms with Gasteiger partial charge in [0.05, 0.1) is 18.7 Å². The van der Waals surface area contributed by atoms with E-state index in [-0.39, 0.29) is 24.7 Å². The van der Waals surface area contributed by atoms with Gasteiger partial charge in [-0.3, -0.25) is 9.79 Å². The number of amides is 1. The van der Waals surface area contributed by atoms with Crippen molar-refractivity contribution in [2.24, 2.45) is 4.99 Å². The van der Waals surface area contributed by atoms with Crippen molar-refractivity contribution in [1.82, 2.24) is 5.32 Å². The summed E-state index contributed by atoms with van der Waals surface area (Å²) in [6, 6.07) is 0.156. The molecule has 1 fully saturated rings. The summed E-state index contributed by atoms with van der Waals surface area (Å²) < 4.78 is 5.32. The van der Waals surface area contributed by atoms with Gasteiger partial charge in [0.1, 0.15) is 6.61 Å². The van der Waals surface area contributed by atoms with Crippen LogP contribution in [0.1, 0.15) is 13.3 Å². The van der Waals surface area contributed by atoms with E-state index in [2.05, 4.69) is 10.3 Å². The molecule has 0 radical (unpaired) electrons. The van der Waals surface area contributed by atoms with Crippen molar-refractivity contribution in [2.75, 3.05) is 13.2 Å². The highest BCUT2D eigenvalue weighted by atomic mass is 16.5. The number of carbonyl (C=O) groups excluding carboxylic acids is 1. The van der Waals surface area contributed by atoms with E-state index in [1.165, 1.54) is 0 Å². The molecule has 0 aliphatic carbocycles. The molecule has 0 aromatic heterocycles. The summed E-state index contributed by atoms with van der Waals surface area (Å²) in [7, 11) is 0. The van der Waals surface area contributed by atoms with E-state index >= 15 is 0 Å². The standard InChI is InChI=1S/C8H12N2O2/c1-5-2-6-7(3-9-5)12-4-8(11)10-6/h6-7H,2-4H2,1H3,(H,10,11). The average molecular weight is 168 g/mol. The number of fused-ring (bicyclic) bond motifs is 1. The molecule has 66 valence electrons. The molecule has 2 unspecified atom stereocenters. The van der Waals surface area contributed by atoms with Crippen molar-refractivity contribution in [1.29, 1.82) is 0 Å². The summed E-state index contributed by atoms with van der Waals surface area (Å²) in [6.45, 7) is 2.86. The van der Waals surface area contributed by atoms with E-state index in [1.54, 1.807) is 0 Å². The van der Waals surface area contributed by atoms with Crippen LogP contribution in [0.15, 0.2) is 4.99 Å². The van der Waals surface area contributed by atoms with Gasteiger partial charge in [-0.1, -0.05) is 0 Å². The Labute approximate surface area is 71.0 Å². The second-order valence-corrected chi connectivity index (χ2v) is 3.30. The summed E-state index contributed by atoms with van der Waals surface area (Å²) in [5, 5.41) is 2.90. The second kappa shape index (κ2) is 2.86. The lowest BCUT2D eigenvalue weighted by Crippen LogP contribution is -2.55. The van der Waals surface area contributed by atoms with E-state index in [9.17, 15) is 4.79 Å². The first-order valence-corrected chi connectivity index (χ1v) is 4.16. The lowest BCUT2D eigenvalue weighted by molar-refractivity contribution is -0.136. The van der Waals surface area contributed by atoms with Gasteiger partial charge in [0, 0.05) is 12.1 Å². The van der Waals surface area contributed by atoms with Gasteiger partial charge in [-0.15, -0.1) is 0 Å². The number of hydrogen-bond donors (Lipinski definition) is 1. The van der Waals surface area contributed by atoms with Crippen molar-refractivity contribution in [2.45, 2.75) is 25.5 Å². The Morgan fingerprint density at radius 3 is 3.33 bits per heavy atom. The number of ether oxygens (including phenoxy) is 1. The number of aliphatic imine (C=N–C) groups is 1. The molecule has 1 saturated heterocycles. The molecular formula is C8H12N2O2. The van der Waals surface area contributed by atoms with Gasteiger partial charge in [0.15, 0.2) is 0 Å². The van der Waals surface area contributed by atoms with Crippen LogP contribution in [0.25, 0.3) is 0 Å². The lowest BCUT2D eigenvalue weighted by atomic mass is 10.00. The van der Waals surface area contributed by atoms with Crippen LogP contribution in [0.3, 0.4) is 0 Å². The van der Waals surface area contributed by atoms with E-state index in [0.29, 0.717) is 6.54 Å². The van der Waals surface area contributed by atoms with Gasteiger partial charge in [-0.2, -0.15) is 0 Å². The SMILES string of the molecule is CC1=NCC2OCC(=O)NC2C1. The number of morpholine rings is 1. The summed E-state index contributed by atoms with van der Waals surface area (Å²) in [5.74, 6) is -0.00838. The van der Waals surface area contributed by atoms with E-state index in [0.717, 1.165) is 12.1 Å².